The van der Waals surface area contributed by atoms with Gasteiger partial charge >= 0.3 is 0 Å². The Bertz CT molecular complexity index is 932. The molecule has 28 heavy (non-hydrogen) atoms. The van der Waals surface area contributed by atoms with Gasteiger partial charge in [-0.25, -0.2) is 0 Å². The van der Waals surface area contributed by atoms with Crippen LogP contribution in [0, 0.1) is 0 Å². The van der Waals surface area contributed by atoms with Gasteiger partial charge in [-0.3, -0.25) is 19.4 Å². The molecular weight excluding hydrogens is 382 g/mol. The first-order valence-electron chi connectivity index (χ1n) is 9.18. The van der Waals surface area contributed by atoms with E-state index >= 15 is 0 Å². The summed E-state index contributed by atoms with van der Waals surface area (Å²) in [5.41, 5.74) is 1.26. The van der Waals surface area contributed by atoms with Crippen LogP contribution in [0.2, 0.25) is 0 Å². The average molecular weight is 405 g/mol. The number of anilines is 1. The number of carbonyl (C=O) groups excluding carboxylic acids is 1. The molecule has 8 nitrogen and oxygen atoms in total. The van der Waals surface area contributed by atoms with Gasteiger partial charge in [0.1, 0.15) is 5.82 Å². The van der Waals surface area contributed by atoms with Crippen molar-refractivity contribution in [1.82, 2.24) is 9.78 Å². The van der Waals surface area contributed by atoms with Crippen molar-refractivity contribution in [2.24, 2.45) is 0 Å². The quantitative estimate of drug-likeness (QED) is 0.811. The number of hydrogen-bond donors (Lipinski definition) is 2. The van der Waals surface area contributed by atoms with Crippen LogP contribution in [0.1, 0.15) is 35.3 Å². The number of fused-ring (bicyclic) bond motifs is 1. The Morgan fingerprint density at radius 1 is 1.14 bits per heavy atom. The highest BCUT2D eigenvalue weighted by molar-refractivity contribution is 8.00. The number of benzene rings is 1. The lowest BCUT2D eigenvalue weighted by Gasteiger charge is -2.25. The molecule has 1 aromatic heterocycles. The molecule has 1 atom stereocenters. The molecule has 2 N–H and O–H groups in total. The van der Waals surface area contributed by atoms with Crippen molar-refractivity contribution in [2.45, 2.75) is 24.1 Å². The summed E-state index contributed by atoms with van der Waals surface area (Å²) >= 11 is 1.43. The Morgan fingerprint density at radius 3 is 2.61 bits per heavy atom. The predicted molar refractivity (Wildman–Crippen MR) is 107 cm³/mol. The van der Waals surface area contributed by atoms with Crippen molar-refractivity contribution < 1.29 is 19.0 Å². The minimum absolute atomic E-state index is 0.0969. The fourth-order valence-corrected chi connectivity index (χ4v) is 4.85. The van der Waals surface area contributed by atoms with Crippen molar-refractivity contribution in [3.63, 3.8) is 0 Å². The highest BCUT2D eigenvalue weighted by Crippen LogP contribution is 2.43. The summed E-state index contributed by atoms with van der Waals surface area (Å²) in [5, 5.41) is 5.59. The average Bonchev–Trinajstić information content (AvgIpc) is 2.93. The third kappa shape index (κ3) is 3.40. The highest BCUT2D eigenvalue weighted by Gasteiger charge is 2.33. The van der Waals surface area contributed by atoms with Crippen molar-refractivity contribution >= 4 is 23.5 Å². The summed E-state index contributed by atoms with van der Waals surface area (Å²) in [7, 11) is 3.16. The van der Waals surface area contributed by atoms with Crippen LogP contribution in [-0.2, 0) is 9.53 Å². The van der Waals surface area contributed by atoms with Gasteiger partial charge in [-0.1, -0.05) is 6.07 Å². The Balaban J connectivity index is 1.80. The van der Waals surface area contributed by atoms with Gasteiger partial charge in [-0.2, -0.15) is 0 Å². The second kappa shape index (κ2) is 7.92. The monoisotopic (exact) mass is 405 g/mol. The van der Waals surface area contributed by atoms with E-state index in [-0.39, 0.29) is 28.5 Å². The van der Waals surface area contributed by atoms with E-state index in [1.807, 2.05) is 22.9 Å². The lowest BCUT2D eigenvalue weighted by molar-refractivity contribution is -0.113. The lowest BCUT2D eigenvalue weighted by atomic mass is 10.0. The maximum atomic E-state index is 12.9. The summed E-state index contributed by atoms with van der Waals surface area (Å²) in [6, 6.07) is 5.68. The molecule has 4 rings (SSSR count). The topological polar surface area (TPSA) is 94.6 Å². The van der Waals surface area contributed by atoms with E-state index in [1.165, 1.54) is 11.8 Å². The molecule has 3 heterocycles. The first-order chi connectivity index (χ1) is 13.6. The van der Waals surface area contributed by atoms with Crippen molar-refractivity contribution in [2.75, 3.05) is 38.5 Å². The second-order valence-electron chi connectivity index (χ2n) is 6.77. The Labute approximate surface area is 166 Å². The summed E-state index contributed by atoms with van der Waals surface area (Å²) in [6.45, 7) is 1.28. The third-order valence-corrected chi connectivity index (χ3v) is 6.40. The zero-order valence-electron chi connectivity index (χ0n) is 15.8. The Kier molecular flexibility index (Phi) is 5.36. The van der Waals surface area contributed by atoms with Crippen molar-refractivity contribution in [1.29, 1.82) is 0 Å². The maximum absolute atomic E-state index is 12.9. The number of rotatable bonds is 4. The first-order valence-corrected chi connectivity index (χ1v) is 10.2. The van der Waals surface area contributed by atoms with Crippen LogP contribution in [0.25, 0.3) is 0 Å². The van der Waals surface area contributed by atoms with Crippen LogP contribution in [0.4, 0.5) is 5.82 Å². The number of nitrogens with one attached hydrogen (secondary N) is 2. The molecule has 0 unspecified atom stereocenters. The number of carbonyl (C=O) groups is 1. The molecule has 1 saturated heterocycles. The van der Waals surface area contributed by atoms with E-state index < -0.39 is 0 Å². The number of amides is 1. The number of aromatic amines is 1. The van der Waals surface area contributed by atoms with Crippen molar-refractivity contribution in [3.8, 4) is 11.5 Å². The molecule has 0 radical (unpaired) electrons. The van der Waals surface area contributed by atoms with Crippen LogP contribution < -0.4 is 20.3 Å². The van der Waals surface area contributed by atoms with Crippen molar-refractivity contribution in [3.05, 3.63) is 39.7 Å². The standard InChI is InChI=1S/C19H23N3O5S/c1-25-13-4-3-11(9-14(13)26-2)17-16-18(20-15(23)10-28-17)22(21-19(16)24)12-5-7-27-8-6-12/h3-4,9,12,17H,5-8,10H2,1-2H3,(H,20,23)(H,21,24)/t17-/m1/s1. The molecule has 2 aromatic rings. The molecule has 1 aromatic carbocycles. The number of methoxy groups -OCH3 is 2. The van der Waals surface area contributed by atoms with Gasteiger partial charge in [0.25, 0.3) is 5.56 Å². The van der Waals surface area contributed by atoms with Crippen LogP contribution >= 0.6 is 11.8 Å². The fourth-order valence-electron chi connectivity index (χ4n) is 3.74. The molecule has 150 valence electrons. The van der Waals surface area contributed by atoms with Gasteiger partial charge in [-0.15, -0.1) is 11.8 Å². The van der Waals surface area contributed by atoms with E-state index in [1.54, 1.807) is 14.2 Å². The minimum Gasteiger partial charge on any atom is -0.493 e. The Morgan fingerprint density at radius 2 is 1.89 bits per heavy atom. The molecule has 0 bridgehead atoms. The summed E-state index contributed by atoms with van der Waals surface area (Å²) in [4.78, 5) is 25.3. The normalized spacial score (nSPS) is 20.2. The Hall–Kier alpha value is -2.39. The van der Waals surface area contributed by atoms with Gasteiger partial charge in [0.15, 0.2) is 11.5 Å². The van der Waals surface area contributed by atoms with E-state index in [0.717, 1.165) is 18.4 Å². The lowest BCUT2D eigenvalue weighted by Crippen LogP contribution is -2.24. The largest absolute Gasteiger partial charge is 0.493 e. The number of ether oxygens (including phenoxy) is 3. The minimum atomic E-state index is -0.293. The van der Waals surface area contributed by atoms with E-state index in [0.29, 0.717) is 36.1 Å². The number of aromatic nitrogens is 2. The number of H-pyrrole nitrogens is 1. The van der Waals surface area contributed by atoms with Gasteiger partial charge in [0.05, 0.1) is 36.8 Å². The number of hydrogen-bond acceptors (Lipinski definition) is 6. The zero-order chi connectivity index (χ0) is 19.7. The van der Waals surface area contributed by atoms with Crippen LogP contribution in [0.3, 0.4) is 0 Å². The van der Waals surface area contributed by atoms with E-state index in [2.05, 4.69) is 10.4 Å². The highest BCUT2D eigenvalue weighted by atomic mass is 32.2. The molecule has 1 amide bonds. The van der Waals surface area contributed by atoms with Gasteiger partial charge in [0, 0.05) is 13.2 Å². The van der Waals surface area contributed by atoms with Gasteiger partial charge < -0.3 is 19.5 Å². The van der Waals surface area contributed by atoms with Crippen LogP contribution in [0.5, 0.6) is 11.5 Å². The summed E-state index contributed by atoms with van der Waals surface area (Å²) < 4.78 is 18.0. The summed E-state index contributed by atoms with van der Waals surface area (Å²) in [5.74, 6) is 1.92. The molecule has 0 aliphatic carbocycles. The molecule has 2 aliphatic heterocycles. The molecule has 1 fully saturated rings. The molecule has 2 aliphatic rings. The predicted octanol–water partition coefficient (Wildman–Crippen LogP) is 2.32. The number of nitrogens with zero attached hydrogens (tertiary/aromatic N) is 1. The maximum Gasteiger partial charge on any atom is 0.270 e. The molecular formula is C19H23N3O5S. The SMILES string of the molecule is COc1ccc([C@H]2SCC(=O)Nc3c2c(=O)[nH]n3C2CCOCC2)cc1OC. The van der Waals surface area contributed by atoms with E-state index in [9.17, 15) is 9.59 Å². The van der Waals surface area contributed by atoms with Crippen LogP contribution in [0.15, 0.2) is 23.0 Å². The molecule has 0 spiro atoms. The smallest absolute Gasteiger partial charge is 0.270 e. The van der Waals surface area contributed by atoms with Gasteiger partial charge in [-0.05, 0) is 30.5 Å². The molecule has 0 saturated carbocycles. The number of thioether (sulfide) groups is 1. The fraction of sp³-hybridized carbons (Fsp3) is 0.474. The van der Waals surface area contributed by atoms with Gasteiger partial charge in [0.2, 0.25) is 5.91 Å². The second-order valence-corrected chi connectivity index (χ2v) is 7.86. The summed E-state index contributed by atoms with van der Waals surface area (Å²) in [6.07, 6.45) is 1.59. The third-order valence-electron chi connectivity index (χ3n) is 5.13. The first kappa shape index (κ1) is 18.9. The zero-order valence-corrected chi connectivity index (χ0v) is 16.6. The molecule has 9 heteroatoms. The van der Waals surface area contributed by atoms with Crippen LogP contribution in [-0.4, -0.2) is 48.9 Å². The van der Waals surface area contributed by atoms with E-state index in [4.69, 9.17) is 14.2 Å².